The molecule has 0 spiro atoms. The van der Waals surface area contributed by atoms with Crippen LogP contribution >= 0.6 is 11.3 Å². The molecule has 1 heterocycles. The van der Waals surface area contributed by atoms with Crippen LogP contribution in [0.15, 0.2) is 42.6 Å². The van der Waals surface area contributed by atoms with Crippen LogP contribution in [0.3, 0.4) is 0 Å². The second kappa shape index (κ2) is 7.28. The third kappa shape index (κ3) is 3.30. The minimum Gasteiger partial charge on any atom is -0.489 e. The van der Waals surface area contributed by atoms with Crippen molar-refractivity contribution in [2.24, 2.45) is 11.8 Å². The summed E-state index contributed by atoms with van der Waals surface area (Å²) >= 11 is 1.80. The minimum absolute atomic E-state index is 0.157. The van der Waals surface area contributed by atoms with E-state index >= 15 is 0 Å². The Morgan fingerprint density at radius 2 is 2.15 bits per heavy atom. The third-order valence-corrected chi connectivity index (χ3v) is 6.35. The molecule has 0 saturated heterocycles. The Hall–Kier alpha value is -2.07. The van der Waals surface area contributed by atoms with Crippen molar-refractivity contribution in [2.75, 3.05) is 12.4 Å². The predicted molar refractivity (Wildman–Crippen MR) is 111 cm³/mol. The van der Waals surface area contributed by atoms with E-state index in [4.69, 9.17) is 9.72 Å². The molecule has 4 heteroatoms. The first-order valence-corrected chi connectivity index (χ1v) is 10.3. The number of allylic oxidation sites excluding steroid dienone is 4. The van der Waals surface area contributed by atoms with E-state index in [0.29, 0.717) is 5.92 Å². The van der Waals surface area contributed by atoms with E-state index in [9.17, 15) is 0 Å². The van der Waals surface area contributed by atoms with E-state index in [1.807, 2.05) is 27.0 Å². The summed E-state index contributed by atoms with van der Waals surface area (Å²) in [5.74, 6) is 2.30. The average Bonchev–Trinajstić information content (AvgIpc) is 3.30. The molecule has 1 fully saturated rings. The Bertz CT molecular complexity index is 850. The van der Waals surface area contributed by atoms with Crippen molar-refractivity contribution in [3.05, 3.63) is 47.5 Å². The first kappa shape index (κ1) is 17.3. The lowest BCUT2D eigenvalue weighted by Gasteiger charge is -2.21. The number of anilines is 1. The van der Waals surface area contributed by atoms with Crippen LogP contribution in [0, 0.1) is 11.8 Å². The molecule has 3 nitrogen and oxygen atoms in total. The zero-order valence-electron chi connectivity index (χ0n) is 15.7. The molecule has 2 aliphatic rings. The molecule has 0 amide bonds. The van der Waals surface area contributed by atoms with E-state index in [1.165, 1.54) is 29.7 Å². The molecule has 2 aliphatic carbocycles. The van der Waals surface area contributed by atoms with Gasteiger partial charge in [0.2, 0.25) is 0 Å². The summed E-state index contributed by atoms with van der Waals surface area (Å²) in [4.78, 5) is 6.04. The largest absolute Gasteiger partial charge is 0.489 e. The van der Waals surface area contributed by atoms with Gasteiger partial charge in [0.1, 0.15) is 10.8 Å². The van der Waals surface area contributed by atoms with Gasteiger partial charge in [0.05, 0.1) is 16.7 Å². The van der Waals surface area contributed by atoms with Gasteiger partial charge in [0.25, 0.3) is 0 Å². The number of fused-ring (bicyclic) bond motifs is 1. The van der Waals surface area contributed by atoms with E-state index < -0.39 is 0 Å². The highest BCUT2D eigenvalue weighted by Crippen LogP contribution is 2.46. The van der Waals surface area contributed by atoms with Gasteiger partial charge in [-0.15, -0.1) is 11.3 Å². The zero-order chi connectivity index (χ0) is 18.1. The third-order valence-electron chi connectivity index (χ3n) is 5.25. The standard InChI is InChI=1S/C22H26N2OS/c1-14(2)25-20-11-10-16(12-19(20)23-3)22-24-13-21(26-22)18-9-5-7-15-6-4-8-17(15)18/h5,7,9-15,17,23H,4,6,8H2,1-3H3. The lowest BCUT2D eigenvalue weighted by atomic mass is 9.84. The van der Waals surface area contributed by atoms with E-state index in [0.717, 1.165) is 27.9 Å². The number of ether oxygens (including phenoxy) is 1. The summed E-state index contributed by atoms with van der Waals surface area (Å²) in [5.41, 5.74) is 3.62. The fourth-order valence-electron chi connectivity index (χ4n) is 4.05. The van der Waals surface area contributed by atoms with Gasteiger partial charge in [0.15, 0.2) is 0 Å². The lowest BCUT2D eigenvalue weighted by molar-refractivity contribution is 0.244. The quantitative estimate of drug-likeness (QED) is 0.704. The molecule has 2 aromatic rings. The van der Waals surface area contributed by atoms with Crippen molar-refractivity contribution in [1.82, 2.24) is 4.98 Å². The highest BCUT2D eigenvalue weighted by atomic mass is 32.1. The molecule has 4 rings (SSSR count). The summed E-state index contributed by atoms with van der Waals surface area (Å²) in [6, 6.07) is 6.28. The van der Waals surface area contributed by atoms with Gasteiger partial charge in [-0.25, -0.2) is 4.98 Å². The Kier molecular flexibility index (Phi) is 4.86. The molecule has 1 aromatic heterocycles. The van der Waals surface area contributed by atoms with Gasteiger partial charge in [-0.3, -0.25) is 0 Å². The molecule has 0 aliphatic heterocycles. The van der Waals surface area contributed by atoms with Crippen molar-refractivity contribution in [3.8, 4) is 16.3 Å². The number of nitrogens with zero attached hydrogens (tertiary/aromatic N) is 1. The Morgan fingerprint density at radius 3 is 2.96 bits per heavy atom. The van der Waals surface area contributed by atoms with Crippen LogP contribution in [0.25, 0.3) is 16.1 Å². The molecule has 0 radical (unpaired) electrons. The van der Waals surface area contributed by atoms with Crippen LogP contribution in [-0.2, 0) is 0 Å². The molecule has 0 bridgehead atoms. The molecule has 1 aromatic carbocycles. The van der Waals surface area contributed by atoms with Gasteiger partial charge >= 0.3 is 0 Å². The average molecular weight is 367 g/mol. The molecule has 1 saturated carbocycles. The lowest BCUT2D eigenvalue weighted by Crippen LogP contribution is -2.09. The topological polar surface area (TPSA) is 34.2 Å². The maximum Gasteiger partial charge on any atom is 0.142 e. The smallest absolute Gasteiger partial charge is 0.142 e. The van der Waals surface area contributed by atoms with Crippen LogP contribution in [0.4, 0.5) is 5.69 Å². The van der Waals surface area contributed by atoms with Gasteiger partial charge < -0.3 is 10.1 Å². The molecular formula is C22H26N2OS. The molecule has 136 valence electrons. The van der Waals surface area contributed by atoms with Crippen LogP contribution in [0.5, 0.6) is 5.75 Å². The number of hydrogen-bond acceptors (Lipinski definition) is 4. The Morgan fingerprint density at radius 1 is 1.27 bits per heavy atom. The van der Waals surface area contributed by atoms with Crippen LogP contribution in [0.1, 0.15) is 38.0 Å². The number of aromatic nitrogens is 1. The van der Waals surface area contributed by atoms with Crippen molar-refractivity contribution < 1.29 is 4.74 Å². The van der Waals surface area contributed by atoms with Gasteiger partial charge in [-0.2, -0.15) is 0 Å². The van der Waals surface area contributed by atoms with Gasteiger partial charge in [-0.1, -0.05) is 24.6 Å². The fraction of sp³-hybridized carbons (Fsp3) is 0.409. The van der Waals surface area contributed by atoms with Crippen LogP contribution in [-0.4, -0.2) is 18.1 Å². The monoisotopic (exact) mass is 366 g/mol. The summed E-state index contributed by atoms with van der Waals surface area (Å²) in [6.45, 7) is 4.09. The van der Waals surface area contributed by atoms with Crippen molar-refractivity contribution in [1.29, 1.82) is 0 Å². The summed E-state index contributed by atoms with van der Waals surface area (Å²) in [5, 5.41) is 4.31. The molecule has 2 unspecified atom stereocenters. The second-order valence-electron chi connectivity index (χ2n) is 7.37. The highest BCUT2D eigenvalue weighted by Gasteiger charge is 2.31. The minimum atomic E-state index is 0.157. The van der Waals surface area contributed by atoms with E-state index in [2.05, 4.69) is 41.9 Å². The van der Waals surface area contributed by atoms with Crippen molar-refractivity contribution >= 4 is 22.6 Å². The summed E-state index contributed by atoms with van der Waals surface area (Å²) in [7, 11) is 1.93. The maximum absolute atomic E-state index is 5.88. The number of nitrogens with one attached hydrogen (secondary N) is 1. The van der Waals surface area contributed by atoms with Gasteiger partial charge in [-0.05, 0) is 62.3 Å². The van der Waals surface area contributed by atoms with Crippen LogP contribution < -0.4 is 10.1 Å². The van der Waals surface area contributed by atoms with Gasteiger partial charge in [0, 0.05) is 18.8 Å². The number of rotatable bonds is 5. The highest BCUT2D eigenvalue weighted by molar-refractivity contribution is 7.16. The van der Waals surface area contributed by atoms with E-state index in [-0.39, 0.29) is 6.10 Å². The van der Waals surface area contributed by atoms with Crippen molar-refractivity contribution in [2.45, 2.75) is 39.2 Å². The molecular weight excluding hydrogens is 340 g/mol. The number of hydrogen-bond donors (Lipinski definition) is 1. The summed E-state index contributed by atoms with van der Waals surface area (Å²) in [6.07, 6.45) is 13.1. The Labute approximate surface area is 159 Å². The zero-order valence-corrected chi connectivity index (χ0v) is 16.5. The first-order valence-electron chi connectivity index (χ1n) is 9.49. The molecule has 26 heavy (non-hydrogen) atoms. The SMILES string of the molecule is CNc1cc(-c2ncc(C3=CC=CC4CCCC34)s2)ccc1OC(C)C. The van der Waals surface area contributed by atoms with Crippen LogP contribution in [0.2, 0.25) is 0 Å². The molecule has 1 N–H and O–H groups in total. The number of thiazole rings is 1. The molecule has 2 atom stereocenters. The summed E-state index contributed by atoms with van der Waals surface area (Å²) < 4.78 is 5.88. The maximum atomic E-state index is 5.88. The normalized spacial score (nSPS) is 21.6. The van der Waals surface area contributed by atoms with E-state index in [1.54, 1.807) is 11.3 Å². The van der Waals surface area contributed by atoms with Crippen molar-refractivity contribution in [3.63, 3.8) is 0 Å². The second-order valence-corrected chi connectivity index (χ2v) is 8.40. The number of benzene rings is 1. The fourth-order valence-corrected chi connectivity index (χ4v) is 5.05. The first-order chi connectivity index (χ1) is 12.7. The predicted octanol–water partition coefficient (Wildman–Crippen LogP) is 6.01. The Balaban J connectivity index is 1.62.